The summed E-state index contributed by atoms with van der Waals surface area (Å²) in [6.07, 6.45) is 0. The van der Waals surface area contributed by atoms with E-state index < -0.39 is 5.91 Å². The zero-order valence-corrected chi connectivity index (χ0v) is 13.0. The maximum atomic E-state index is 11.5. The molecule has 8 heteroatoms. The smallest absolute Gasteiger partial charge is 0.258 e. The fourth-order valence-electron chi connectivity index (χ4n) is 1.97. The van der Waals surface area contributed by atoms with E-state index in [1.165, 1.54) is 18.4 Å². The Morgan fingerprint density at radius 3 is 2.96 bits per heavy atom. The summed E-state index contributed by atoms with van der Waals surface area (Å²) in [6, 6.07) is 6.78. The van der Waals surface area contributed by atoms with Crippen LogP contribution in [0.25, 0.3) is 11.5 Å². The second-order valence-corrected chi connectivity index (χ2v) is 5.30. The van der Waals surface area contributed by atoms with Gasteiger partial charge in [-0.25, -0.2) is 0 Å². The monoisotopic (exact) mass is 331 g/mol. The van der Waals surface area contributed by atoms with E-state index in [-0.39, 0.29) is 17.9 Å². The number of methoxy groups -OCH3 is 1. The maximum Gasteiger partial charge on any atom is 0.258 e. The fourth-order valence-corrected chi connectivity index (χ4v) is 2.60. The van der Waals surface area contributed by atoms with Gasteiger partial charge in [0.1, 0.15) is 0 Å². The molecule has 118 valence electrons. The number of nitrogens with zero attached hydrogens (tertiary/aromatic N) is 2. The normalized spacial score (nSPS) is 10.5. The van der Waals surface area contributed by atoms with Crippen LogP contribution in [0.4, 0.5) is 0 Å². The summed E-state index contributed by atoms with van der Waals surface area (Å²) in [4.78, 5) is 15.7. The van der Waals surface area contributed by atoms with Gasteiger partial charge in [0.05, 0.1) is 18.2 Å². The van der Waals surface area contributed by atoms with E-state index in [0.29, 0.717) is 17.5 Å². The summed E-state index contributed by atoms with van der Waals surface area (Å²) in [5.41, 5.74) is 6.43. The van der Waals surface area contributed by atoms with E-state index in [1.54, 1.807) is 18.2 Å². The molecule has 0 atom stereocenters. The summed E-state index contributed by atoms with van der Waals surface area (Å²) in [7, 11) is 1.48. The third kappa shape index (κ3) is 3.16. The highest BCUT2D eigenvalue weighted by Crippen LogP contribution is 2.31. The number of carbonyl (C=O) groups excluding carboxylic acids is 1. The number of benzene rings is 1. The number of hydrogen-bond donors (Lipinski definition) is 1. The number of hydrogen-bond acceptors (Lipinski definition) is 7. The number of carbonyl (C=O) groups is 1. The van der Waals surface area contributed by atoms with E-state index in [4.69, 9.17) is 19.7 Å². The second-order valence-electron chi connectivity index (χ2n) is 4.52. The highest BCUT2D eigenvalue weighted by molar-refractivity contribution is 7.08. The van der Waals surface area contributed by atoms with Crippen molar-refractivity contribution < 1.29 is 18.8 Å². The molecule has 0 spiro atoms. The lowest BCUT2D eigenvalue weighted by Crippen LogP contribution is -2.13. The first-order chi connectivity index (χ1) is 11.2. The number of aromatic nitrogens is 2. The standard InChI is InChI=1S/C15H13N3O4S/c1-20-11-4-2-3-10(14(16)19)13(11)21-7-12-17-15(22-18-12)9-5-6-23-8-9/h2-6,8H,7H2,1H3,(H2,16,19). The van der Waals surface area contributed by atoms with E-state index >= 15 is 0 Å². The Hall–Kier alpha value is -2.87. The van der Waals surface area contributed by atoms with E-state index in [0.717, 1.165) is 5.56 Å². The molecule has 0 aliphatic heterocycles. The van der Waals surface area contributed by atoms with Gasteiger partial charge in [0.2, 0.25) is 5.82 Å². The number of amides is 1. The minimum absolute atomic E-state index is 0.0221. The predicted octanol–water partition coefficient (Wildman–Crippen LogP) is 2.48. The molecule has 7 nitrogen and oxygen atoms in total. The van der Waals surface area contributed by atoms with Crippen LogP contribution in [0.3, 0.4) is 0 Å². The molecule has 0 fully saturated rings. The molecule has 2 N–H and O–H groups in total. The van der Waals surface area contributed by atoms with Gasteiger partial charge < -0.3 is 19.7 Å². The zero-order chi connectivity index (χ0) is 16.2. The van der Waals surface area contributed by atoms with Crippen molar-refractivity contribution in [1.29, 1.82) is 0 Å². The van der Waals surface area contributed by atoms with Crippen LogP contribution < -0.4 is 15.2 Å². The van der Waals surface area contributed by atoms with Gasteiger partial charge in [0, 0.05) is 5.38 Å². The largest absolute Gasteiger partial charge is 0.493 e. The van der Waals surface area contributed by atoms with Crippen LogP contribution in [0.15, 0.2) is 39.5 Å². The molecule has 1 aromatic carbocycles. The Balaban J connectivity index is 1.80. The minimum atomic E-state index is -0.606. The summed E-state index contributed by atoms with van der Waals surface area (Å²) < 4.78 is 16.0. The topological polar surface area (TPSA) is 100 Å². The first-order valence-electron chi connectivity index (χ1n) is 6.64. The van der Waals surface area contributed by atoms with Crippen LogP contribution in [0.2, 0.25) is 0 Å². The Morgan fingerprint density at radius 1 is 1.39 bits per heavy atom. The van der Waals surface area contributed by atoms with Crippen molar-refractivity contribution in [3.63, 3.8) is 0 Å². The summed E-state index contributed by atoms with van der Waals surface area (Å²) >= 11 is 1.54. The first kappa shape index (κ1) is 15.0. The quantitative estimate of drug-likeness (QED) is 0.745. The lowest BCUT2D eigenvalue weighted by Gasteiger charge is -2.12. The second kappa shape index (κ2) is 6.49. The number of nitrogens with two attached hydrogens (primary N) is 1. The first-order valence-corrected chi connectivity index (χ1v) is 7.58. The number of ether oxygens (including phenoxy) is 2. The van der Waals surface area contributed by atoms with Gasteiger partial charge in [-0.15, -0.1) is 0 Å². The Kier molecular flexibility index (Phi) is 4.24. The lowest BCUT2D eigenvalue weighted by molar-refractivity contribution is 0.0995. The van der Waals surface area contributed by atoms with E-state index in [1.807, 2.05) is 16.8 Å². The number of para-hydroxylation sites is 1. The molecule has 0 radical (unpaired) electrons. The average molecular weight is 331 g/mol. The van der Waals surface area contributed by atoms with Gasteiger partial charge in [0.15, 0.2) is 18.1 Å². The molecule has 0 saturated heterocycles. The zero-order valence-electron chi connectivity index (χ0n) is 12.2. The highest BCUT2D eigenvalue weighted by atomic mass is 32.1. The molecule has 0 bridgehead atoms. The van der Waals surface area contributed by atoms with Crippen molar-refractivity contribution in [2.24, 2.45) is 5.73 Å². The third-order valence-electron chi connectivity index (χ3n) is 3.05. The van der Waals surface area contributed by atoms with E-state index in [9.17, 15) is 4.79 Å². The lowest BCUT2D eigenvalue weighted by atomic mass is 10.2. The van der Waals surface area contributed by atoms with Crippen LogP contribution in [-0.4, -0.2) is 23.2 Å². The van der Waals surface area contributed by atoms with Crippen LogP contribution in [0.1, 0.15) is 16.2 Å². The number of thiophene rings is 1. The van der Waals surface area contributed by atoms with Gasteiger partial charge >= 0.3 is 0 Å². The molecule has 0 aliphatic carbocycles. The minimum Gasteiger partial charge on any atom is -0.493 e. The molecule has 2 heterocycles. The SMILES string of the molecule is COc1cccc(C(N)=O)c1OCc1noc(-c2ccsc2)n1. The van der Waals surface area contributed by atoms with Gasteiger partial charge in [-0.2, -0.15) is 16.3 Å². The molecule has 0 unspecified atom stereocenters. The van der Waals surface area contributed by atoms with Crippen LogP contribution in [0.5, 0.6) is 11.5 Å². The van der Waals surface area contributed by atoms with Crippen molar-refractivity contribution >= 4 is 17.2 Å². The molecule has 3 rings (SSSR count). The van der Waals surface area contributed by atoms with Crippen molar-refractivity contribution in [3.05, 3.63) is 46.4 Å². The molecule has 0 aliphatic rings. The van der Waals surface area contributed by atoms with Gasteiger partial charge in [-0.1, -0.05) is 11.2 Å². The Bertz CT molecular complexity index is 814. The fraction of sp³-hybridized carbons (Fsp3) is 0.133. The Morgan fingerprint density at radius 2 is 2.26 bits per heavy atom. The highest BCUT2D eigenvalue weighted by Gasteiger charge is 2.16. The van der Waals surface area contributed by atoms with Gasteiger partial charge in [-0.3, -0.25) is 4.79 Å². The molecule has 2 aromatic heterocycles. The van der Waals surface area contributed by atoms with Crippen LogP contribution >= 0.6 is 11.3 Å². The summed E-state index contributed by atoms with van der Waals surface area (Å²) in [5.74, 6) is 0.825. The number of primary amides is 1. The van der Waals surface area contributed by atoms with Gasteiger partial charge in [-0.05, 0) is 23.6 Å². The van der Waals surface area contributed by atoms with Crippen molar-refractivity contribution in [1.82, 2.24) is 10.1 Å². The van der Waals surface area contributed by atoms with Crippen molar-refractivity contribution in [3.8, 4) is 23.0 Å². The predicted molar refractivity (Wildman–Crippen MR) is 83.5 cm³/mol. The molecule has 3 aromatic rings. The molecule has 1 amide bonds. The van der Waals surface area contributed by atoms with Gasteiger partial charge in [0.25, 0.3) is 11.8 Å². The molecular formula is C15H13N3O4S. The molecule has 0 saturated carbocycles. The van der Waals surface area contributed by atoms with Crippen molar-refractivity contribution in [2.75, 3.05) is 7.11 Å². The maximum absolute atomic E-state index is 11.5. The third-order valence-corrected chi connectivity index (χ3v) is 3.73. The summed E-state index contributed by atoms with van der Waals surface area (Å²) in [6.45, 7) is 0.0221. The Labute approximate surface area is 135 Å². The summed E-state index contributed by atoms with van der Waals surface area (Å²) in [5, 5.41) is 7.68. The average Bonchev–Trinajstić information content (AvgIpc) is 3.23. The molecular weight excluding hydrogens is 318 g/mol. The number of rotatable bonds is 6. The van der Waals surface area contributed by atoms with Crippen molar-refractivity contribution in [2.45, 2.75) is 6.61 Å². The van der Waals surface area contributed by atoms with Crippen LogP contribution in [0, 0.1) is 0 Å². The van der Waals surface area contributed by atoms with Crippen LogP contribution in [-0.2, 0) is 6.61 Å². The van der Waals surface area contributed by atoms with E-state index in [2.05, 4.69) is 10.1 Å². The molecule has 23 heavy (non-hydrogen) atoms.